The second kappa shape index (κ2) is 42.5. The second-order valence-electron chi connectivity index (χ2n) is 29.8. The van der Waals surface area contributed by atoms with Gasteiger partial charge in [-0.25, -0.2) is 28.8 Å². The highest BCUT2D eigenvalue weighted by Gasteiger charge is 2.41. The molecule has 2 saturated heterocycles. The molecule has 0 spiro atoms. The standard InChI is InChI=1S/C43H62N2O10.C38H54N2O8/c1-28(2)24-35(40(48)53-30(5)39(47)52-27-32-14-12-11-13-15-32)44(9)38(46)37(26-31-16-18-33(19-17-31)34-20-22-51-23-21-34)54-41(49)36(25-29(3)4)45(10)42(50)55-43(6,7)8;1-25(2)21-32(39-6)37(43)48-34(23-28-13-15-30(16-14-28)31-17-19-45-20-18-31)35(41)40(7)33(22-26(3)4)38(44)47-27(5)36(42)46-24-29-11-9-8-10-12-29/h11-19,28-30,34-37H,20-27H2,1-10H3;8-16,25-27,31-34,39H,17-24H2,1-7H3/t30-,35+,36+,37-;27-,32+,33+,34-/m11/s1. The lowest BCUT2D eigenvalue weighted by atomic mass is 9.90. The smallest absolute Gasteiger partial charge is 0.410 e. The van der Waals surface area contributed by atoms with E-state index in [1.54, 1.807) is 27.8 Å². The van der Waals surface area contributed by atoms with Gasteiger partial charge in [0.25, 0.3) is 11.8 Å². The first kappa shape index (κ1) is 85.4. The van der Waals surface area contributed by atoms with Crippen LogP contribution in [0.1, 0.15) is 187 Å². The number of benzene rings is 4. The molecule has 6 rings (SSSR count). The van der Waals surface area contributed by atoms with Crippen LogP contribution >= 0.6 is 0 Å². The molecule has 8 atom stereocenters. The third-order valence-corrected chi connectivity index (χ3v) is 18.0. The minimum atomic E-state index is -1.36. The molecule has 2 heterocycles. The maximum Gasteiger partial charge on any atom is 0.410 e. The number of esters is 6. The normalized spacial score (nSPS) is 15.9. The molecule has 22 nitrogen and oxygen atoms in total. The number of amides is 3. The van der Waals surface area contributed by atoms with Crippen LogP contribution in [-0.4, -0.2) is 177 Å². The van der Waals surface area contributed by atoms with Crippen LogP contribution in [0.2, 0.25) is 0 Å². The van der Waals surface area contributed by atoms with E-state index in [1.807, 2.05) is 152 Å². The Bertz CT molecular complexity index is 3290. The summed E-state index contributed by atoms with van der Waals surface area (Å²) < 4.78 is 50.4. The summed E-state index contributed by atoms with van der Waals surface area (Å²) in [6.07, 6.45) is -0.485. The number of ether oxygens (including phenoxy) is 9. The van der Waals surface area contributed by atoms with Crippen molar-refractivity contribution in [3.8, 4) is 0 Å². The average molecular weight is 1430 g/mol. The number of carbonyl (C=O) groups excluding carboxylic acids is 9. The van der Waals surface area contributed by atoms with Gasteiger partial charge in [0, 0.05) is 60.4 Å². The summed E-state index contributed by atoms with van der Waals surface area (Å²) >= 11 is 0. The van der Waals surface area contributed by atoms with Crippen molar-refractivity contribution in [3.05, 3.63) is 143 Å². The molecule has 0 aromatic heterocycles. The first-order valence-corrected chi connectivity index (χ1v) is 36.5. The van der Waals surface area contributed by atoms with Crippen molar-refractivity contribution in [2.45, 2.75) is 233 Å². The Morgan fingerprint density at radius 2 is 0.757 bits per heavy atom. The van der Waals surface area contributed by atoms with Gasteiger partial charge in [-0.05, 0) is 162 Å². The molecule has 568 valence electrons. The van der Waals surface area contributed by atoms with E-state index in [0.717, 1.165) is 66.7 Å². The molecule has 103 heavy (non-hydrogen) atoms. The van der Waals surface area contributed by atoms with Gasteiger partial charge >= 0.3 is 41.9 Å². The fourth-order valence-electron chi connectivity index (χ4n) is 12.0. The van der Waals surface area contributed by atoms with E-state index in [1.165, 1.54) is 55.3 Å². The molecule has 0 aliphatic carbocycles. The zero-order chi connectivity index (χ0) is 76.1. The molecule has 4 aromatic rings. The maximum absolute atomic E-state index is 14.5. The number of nitrogens with one attached hydrogen (secondary N) is 1. The third-order valence-electron chi connectivity index (χ3n) is 18.0. The minimum Gasteiger partial charge on any atom is -0.458 e. The Morgan fingerprint density at radius 3 is 1.09 bits per heavy atom. The number of carbonyl (C=O) groups is 9. The van der Waals surface area contributed by atoms with Crippen LogP contribution in [-0.2, 0) is 107 Å². The largest absolute Gasteiger partial charge is 0.458 e. The van der Waals surface area contributed by atoms with Gasteiger partial charge in [0.1, 0.15) is 43.0 Å². The third kappa shape index (κ3) is 29.1. The van der Waals surface area contributed by atoms with E-state index in [-0.39, 0.29) is 69.0 Å². The van der Waals surface area contributed by atoms with E-state index in [0.29, 0.717) is 31.5 Å². The van der Waals surface area contributed by atoms with Gasteiger partial charge in [0.05, 0.1) is 0 Å². The molecular weight excluding hydrogens is 1320 g/mol. The van der Waals surface area contributed by atoms with Crippen LogP contribution in [0.25, 0.3) is 0 Å². The summed E-state index contributed by atoms with van der Waals surface area (Å²) in [5, 5.41) is 3.01. The minimum absolute atomic E-state index is 0.0106. The molecule has 4 aromatic carbocycles. The lowest BCUT2D eigenvalue weighted by molar-refractivity contribution is -0.174. The SMILES string of the molecule is CC(C)C[C@@H](C(=O)O[C@H](Cc1ccc(C2CCOCC2)cc1)C(=O)N(C)[C@@H](CC(C)C)C(=O)O[C@H](C)C(=O)OCc1ccccc1)N(C)C(=O)OC(C)(C)C.CN[C@@H](CC(C)C)C(=O)O[C@H](Cc1ccc(C2CCOCC2)cc1)C(=O)N(C)[C@@H](CC(C)C)C(=O)O[C@H](C)C(=O)OCc1ccccc1. The van der Waals surface area contributed by atoms with Gasteiger partial charge in [-0.1, -0.05) is 165 Å². The van der Waals surface area contributed by atoms with Gasteiger partial charge in [-0.2, -0.15) is 0 Å². The van der Waals surface area contributed by atoms with Crippen LogP contribution in [0.4, 0.5) is 4.79 Å². The van der Waals surface area contributed by atoms with Crippen LogP contribution in [0.3, 0.4) is 0 Å². The Hall–Kier alpha value is -8.21. The molecule has 0 radical (unpaired) electrons. The van der Waals surface area contributed by atoms with Crippen LogP contribution in [0.15, 0.2) is 109 Å². The Morgan fingerprint density at radius 1 is 0.427 bits per heavy atom. The van der Waals surface area contributed by atoms with Crippen LogP contribution in [0, 0.1) is 23.7 Å². The predicted octanol–water partition coefficient (Wildman–Crippen LogP) is 12.1. The van der Waals surface area contributed by atoms with Gasteiger partial charge in [0.2, 0.25) is 0 Å². The quantitative estimate of drug-likeness (QED) is 0.0337. The lowest BCUT2D eigenvalue weighted by Gasteiger charge is -2.33. The fraction of sp³-hybridized carbons (Fsp3) is 0.593. The molecule has 22 heteroatoms. The molecule has 3 amide bonds. The number of rotatable bonds is 34. The summed E-state index contributed by atoms with van der Waals surface area (Å²) in [5.74, 6) is -4.46. The summed E-state index contributed by atoms with van der Waals surface area (Å²) in [5.41, 5.74) is 4.73. The van der Waals surface area contributed by atoms with E-state index in [4.69, 9.17) is 42.6 Å². The van der Waals surface area contributed by atoms with E-state index >= 15 is 0 Å². The fourth-order valence-corrected chi connectivity index (χ4v) is 12.0. The predicted molar refractivity (Wildman–Crippen MR) is 391 cm³/mol. The van der Waals surface area contributed by atoms with Crippen molar-refractivity contribution in [3.63, 3.8) is 0 Å². The number of hydrogen-bond acceptors (Lipinski definition) is 19. The molecule has 2 fully saturated rings. The number of likely N-dealkylation sites (N-methyl/N-ethyl adjacent to an activating group) is 4. The van der Waals surface area contributed by atoms with E-state index in [9.17, 15) is 43.2 Å². The van der Waals surface area contributed by atoms with Gasteiger partial charge in [0.15, 0.2) is 24.4 Å². The first-order chi connectivity index (χ1) is 48.7. The monoisotopic (exact) mass is 1430 g/mol. The van der Waals surface area contributed by atoms with Crippen molar-refractivity contribution in [2.75, 3.05) is 54.6 Å². The molecule has 0 saturated carbocycles. The van der Waals surface area contributed by atoms with Crippen molar-refractivity contribution in [2.24, 2.45) is 23.7 Å². The Balaban J connectivity index is 0.000000374. The lowest BCUT2D eigenvalue weighted by Crippen LogP contribution is -2.52. The van der Waals surface area contributed by atoms with Crippen molar-refractivity contribution in [1.82, 2.24) is 20.0 Å². The van der Waals surface area contributed by atoms with E-state index in [2.05, 4.69) is 17.4 Å². The highest BCUT2D eigenvalue weighted by Crippen LogP contribution is 2.30. The molecule has 0 bridgehead atoms. The average Bonchev–Trinajstić information content (AvgIpc) is 0.831. The number of nitrogens with zero attached hydrogens (tertiary/aromatic N) is 3. The van der Waals surface area contributed by atoms with Crippen LogP contribution < -0.4 is 5.32 Å². The number of hydrogen-bond donors (Lipinski definition) is 1. The molecule has 0 unspecified atom stereocenters. The van der Waals surface area contributed by atoms with Gasteiger partial charge < -0.3 is 57.7 Å². The summed E-state index contributed by atoms with van der Waals surface area (Å²) in [4.78, 5) is 126. The summed E-state index contributed by atoms with van der Waals surface area (Å²) in [6, 6.07) is 30.5. The van der Waals surface area contributed by atoms with Crippen LogP contribution in [0.5, 0.6) is 0 Å². The zero-order valence-corrected chi connectivity index (χ0v) is 64.0. The highest BCUT2D eigenvalue weighted by atomic mass is 16.6. The summed E-state index contributed by atoms with van der Waals surface area (Å²) in [6.45, 7) is 26.5. The Labute approximate surface area is 611 Å². The topological polar surface area (TPSA) is 258 Å². The zero-order valence-electron chi connectivity index (χ0n) is 64.0. The van der Waals surface area contributed by atoms with Crippen molar-refractivity contribution in [1.29, 1.82) is 0 Å². The van der Waals surface area contributed by atoms with E-state index < -0.39 is 108 Å². The molecular formula is C81H116N4O18. The Kier molecular flexibility index (Phi) is 35.3. The molecule has 2 aliphatic heterocycles. The van der Waals surface area contributed by atoms with Crippen molar-refractivity contribution < 1.29 is 85.8 Å². The maximum atomic E-state index is 14.5. The van der Waals surface area contributed by atoms with Crippen molar-refractivity contribution >= 4 is 53.7 Å². The molecule has 2 aliphatic rings. The van der Waals surface area contributed by atoms with Gasteiger partial charge in [-0.3, -0.25) is 19.3 Å². The van der Waals surface area contributed by atoms with Gasteiger partial charge in [-0.15, -0.1) is 0 Å². The summed E-state index contributed by atoms with van der Waals surface area (Å²) in [7, 11) is 6.13. The second-order valence-corrected chi connectivity index (χ2v) is 29.8. The highest BCUT2D eigenvalue weighted by molar-refractivity contribution is 5.92. The first-order valence-electron chi connectivity index (χ1n) is 36.5. The molecule has 1 N–H and O–H groups in total.